The summed E-state index contributed by atoms with van der Waals surface area (Å²) in [6.45, 7) is 2.72. The maximum Gasteiger partial charge on any atom is 0.230 e. The van der Waals surface area contributed by atoms with Crippen LogP contribution in [-0.4, -0.2) is 24.2 Å². The van der Waals surface area contributed by atoms with Gasteiger partial charge in [0.05, 0.1) is 12.1 Å². The van der Waals surface area contributed by atoms with Crippen molar-refractivity contribution in [3.05, 3.63) is 41.8 Å². The predicted molar refractivity (Wildman–Crippen MR) is 81.8 cm³/mol. The Balaban J connectivity index is 0.00000220. The number of nitrogens with zero attached hydrogens (tertiary/aromatic N) is 1. The molecule has 2 rings (SSSR count). The maximum absolute atomic E-state index is 11.8. The first-order valence-electron chi connectivity index (χ1n) is 6.32. The quantitative estimate of drug-likeness (QED) is 0.850. The molecule has 0 aliphatic carbocycles. The molecular formula is C14H18ClN3O3. The van der Waals surface area contributed by atoms with E-state index < -0.39 is 0 Å². The van der Waals surface area contributed by atoms with Crippen molar-refractivity contribution in [3.8, 4) is 5.75 Å². The highest BCUT2D eigenvalue weighted by Crippen LogP contribution is 2.15. The summed E-state index contributed by atoms with van der Waals surface area (Å²) in [6, 6.07) is 8.86. The van der Waals surface area contributed by atoms with Crippen molar-refractivity contribution >= 4 is 24.0 Å². The molecule has 7 heteroatoms. The zero-order valence-corrected chi connectivity index (χ0v) is 12.5. The van der Waals surface area contributed by atoms with Gasteiger partial charge in [0.15, 0.2) is 0 Å². The van der Waals surface area contributed by atoms with Gasteiger partial charge >= 0.3 is 0 Å². The van der Waals surface area contributed by atoms with E-state index in [4.69, 9.17) is 15.0 Å². The van der Waals surface area contributed by atoms with Crippen molar-refractivity contribution < 1.29 is 14.1 Å². The topological polar surface area (TPSA) is 90.4 Å². The fraction of sp³-hybridized carbons (Fsp3) is 0.286. The zero-order valence-electron chi connectivity index (χ0n) is 11.7. The Morgan fingerprint density at radius 2 is 2.10 bits per heavy atom. The number of anilines is 1. The Kier molecular flexibility index (Phi) is 6.71. The lowest BCUT2D eigenvalue weighted by molar-refractivity contribution is -0.115. The van der Waals surface area contributed by atoms with Crippen molar-refractivity contribution in [1.82, 2.24) is 5.16 Å². The second kappa shape index (κ2) is 8.28. The summed E-state index contributed by atoms with van der Waals surface area (Å²) in [5.41, 5.74) is 6.67. The Morgan fingerprint density at radius 3 is 2.67 bits per heavy atom. The Hall–Kier alpha value is -2.05. The Labute approximate surface area is 129 Å². The molecule has 0 saturated carbocycles. The lowest BCUT2D eigenvalue weighted by Gasteiger charge is -2.07. The molecule has 0 spiro atoms. The van der Waals surface area contributed by atoms with Gasteiger partial charge in [0.1, 0.15) is 18.1 Å². The normalized spacial score (nSPS) is 9.81. The second-order valence-corrected chi connectivity index (χ2v) is 4.32. The fourth-order valence-electron chi connectivity index (χ4n) is 1.68. The standard InChI is InChI=1S/C14H17N3O3.ClH/c1-10-8-12(17-20-10)9-14(18)16-11-2-4-13(5-3-11)19-7-6-15;/h2-5,8H,6-7,9,15H2,1H3,(H,16,18);1H. The van der Waals surface area contributed by atoms with Crippen molar-refractivity contribution in [3.63, 3.8) is 0 Å². The molecule has 1 aromatic carbocycles. The van der Waals surface area contributed by atoms with Gasteiger partial charge in [-0.1, -0.05) is 5.16 Å². The van der Waals surface area contributed by atoms with Crippen LogP contribution in [0.25, 0.3) is 0 Å². The summed E-state index contributed by atoms with van der Waals surface area (Å²) in [7, 11) is 0. The van der Waals surface area contributed by atoms with Crippen molar-refractivity contribution in [1.29, 1.82) is 0 Å². The number of amides is 1. The molecule has 0 aliphatic heterocycles. The molecular weight excluding hydrogens is 294 g/mol. The van der Waals surface area contributed by atoms with Crippen molar-refractivity contribution in [2.75, 3.05) is 18.5 Å². The van der Waals surface area contributed by atoms with Crippen LogP contribution >= 0.6 is 12.4 Å². The number of halogens is 1. The number of nitrogens with two attached hydrogens (primary N) is 1. The van der Waals surface area contributed by atoms with Crippen LogP contribution < -0.4 is 15.8 Å². The number of ether oxygens (including phenoxy) is 1. The number of benzene rings is 1. The van der Waals surface area contributed by atoms with Crippen LogP contribution in [0.15, 0.2) is 34.9 Å². The molecule has 0 atom stereocenters. The Bertz CT molecular complexity index is 569. The summed E-state index contributed by atoms with van der Waals surface area (Å²) in [4.78, 5) is 11.8. The number of rotatable bonds is 6. The molecule has 0 radical (unpaired) electrons. The molecule has 1 heterocycles. The lowest BCUT2D eigenvalue weighted by Crippen LogP contribution is -2.14. The first-order valence-corrected chi connectivity index (χ1v) is 6.32. The van der Waals surface area contributed by atoms with Crippen molar-refractivity contribution in [2.45, 2.75) is 13.3 Å². The number of carbonyl (C=O) groups excluding carboxylic acids is 1. The number of hydrogen-bond donors (Lipinski definition) is 2. The molecule has 1 amide bonds. The molecule has 0 unspecified atom stereocenters. The number of hydrogen-bond acceptors (Lipinski definition) is 5. The fourth-order valence-corrected chi connectivity index (χ4v) is 1.68. The van der Waals surface area contributed by atoms with Gasteiger partial charge in [0.25, 0.3) is 0 Å². The maximum atomic E-state index is 11.8. The van der Waals surface area contributed by atoms with Crippen LogP contribution in [0.3, 0.4) is 0 Å². The van der Waals surface area contributed by atoms with Gasteiger partial charge in [0.2, 0.25) is 5.91 Å². The lowest BCUT2D eigenvalue weighted by atomic mass is 10.2. The van der Waals surface area contributed by atoms with E-state index in [0.717, 1.165) is 5.75 Å². The van der Waals surface area contributed by atoms with Gasteiger partial charge in [-0.3, -0.25) is 4.79 Å². The monoisotopic (exact) mass is 311 g/mol. The van der Waals surface area contributed by atoms with Gasteiger partial charge in [-0.25, -0.2) is 0 Å². The summed E-state index contributed by atoms with van der Waals surface area (Å²) in [6.07, 6.45) is 0.183. The highest BCUT2D eigenvalue weighted by atomic mass is 35.5. The van der Waals surface area contributed by atoms with Gasteiger partial charge in [-0.2, -0.15) is 0 Å². The molecule has 3 N–H and O–H groups in total. The summed E-state index contributed by atoms with van der Waals surface area (Å²) < 4.78 is 10.3. The van der Waals surface area contributed by atoms with Gasteiger partial charge in [-0.15, -0.1) is 12.4 Å². The smallest absolute Gasteiger partial charge is 0.230 e. The van der Waals surface area contributed by atoms with Gasteiger partial charge < -0.3 is 20.3 Å². The minimum absolute atomic E-state index is 0. The first-order chi connectivity index (χ1) is 9.67. The molecule has 0 saturated heterocycles. The summed E-state index contributed by atoms with van der Waals surface area (Å²) >= 11 is 0. The molecule has 6 nitrogen and oxygen atoms in total. The van der Waals surface area contributed by atoms with E-state index in [1.807, 2.05) is 0 Å². The highest BCUT2D eigenvalue weighted by molar-refractivity contribution is 5.92. The summed E-state index contributed by atoms with van der Waals surface area (Å²) in [5, 5.41) is 6.56. The highest BCUT2D eigenvalue weighted by Gasteiger charge is 2.08. The third kappa shape index (κ3) is 5.45. The average molecular weight is 312 g/mol. The van der Waals surface area contributed by atoms with Crippen LogP contribution in [0.4, 0.5) is 5.69 Å². The van der Waals surface area contributed by atoms with Gasteiger partial charge in [-0.05, 0) is 31.2 Å². The summed E-state index contributed by atoms with van der Waals surface area (Å²) in [5.74, 6) is 1.27. The third-order valence-corrected chi connectivity index (χ3v) is 2.54. The van der Waals surface area contributed by atoms with Crippen LogP contribution in [0, 0.1) is 6.92 Å². The van der Waals surface area contributed by atoms with Crippen LogP contribution in [0.5, 0.6) is 5.75 Å². The Morgan fingerprint density at radius 1 is 1.38 bits per heavy atom. The molecule has 21 heavy (non-hydrogen) atoms. The van der Waals surface area contributed by atoms with E-state index in [9.17, 15) is 4.79 Å². The van der Waals surface area contributed by atoms with E-state index in [1.54, 1.807) is 37.3 Å². The van der Waals surface area contributed by atoms with Crippen LogP contribution in [0.1, 0.15) is 11.5 Å². The first kappa shape index (κ1) is 17.0. The number of aryl methyl sites for hydroxylation is 1. The van der Waals surface area contributed by atoms with Crippen LogP contribution in [-0.2, 0) is 11.2 Å². The number of nitrogens with one attached hydrogen (secondary N) is 1. The molecule has 2 aromatic rings. The molecule has 0 bridgehead atoms. The zero-order chi connectivity index (χ0) is 14.4. The largest absolute Gasteiger partial charge is 0.492 e. The number of carbonyl (C=O) groups is 1. The van der Waals surface area contributed by atoms with E-state index in [0.29, 0.717) is 30.3 Å². The number of aromatic nitrogens is 1. The van der Waals surface area contributed by atoms with E-state index in [1.165, 1.54) is 0 Å². The minimum Gasteiger partial charge on any atom is -0.492 e. The van der Waals surface area contributed by atoms with Crippen molar-refractivity contribution in [2.24, 2.45) is 5.73 Å². The van der Waals surface area contributed by atoms with E-state index >= 15 is 0 Å². The SMILES string of the molecule is Cc1cc(CC(=O)Nc2ccc(OCCN)cc2)no1.Cl. The second-order valence-electron chi connectivity index (χ2n) is 4.32. The van der Waals surface area contributed by atoms with E-state index in [-0.39, 0.29) is 24.7 Å². The van der Waals surface area contributed by atoms with Crippen LogP contribution in [0.2, 0.25) is 0 Å². The van der Waals surface area contributed by atoms with E-state index in [2.05, 4.69) is 10.5 Å². The van der Waals surface area contributed by atoms with Gasteiger partial charge in [0, 0.05) is 18.3 Å². The predicted octanol–water partition coefficient (Wildman–Crippen LogP) is 1.92. The third-order valence-electron chi connectivity index (χ3n) is 2.54. The average Bonchev–Trinajstić information content (AvgIpc) is 2.83. The molecule has 0 fully saturated rings. The molecule has 0 aliphatic rings. The minimum atomic E-state index is -0.145. The molecule has 114 valence electrons. The molecule has 1 aromatic heterocycles.